The van der Waals surface area contributed by atoms with Gasteiger partial charge in [0.05, 0.1) is 0 Å². The lowest BCUT2D eigenvalue weighted by Gasteiger charge is -1.75. The van der Waals surface area contributed by atoms with Gasteiger partial charge in [-0.2, -0.15) is 0 Å². The highest BCUT2D eigenvalue weighted by Gasteiger charge is 1.64. The second kappa shape index (κ2) is 7.22. The highest BCUT2D eigenvalue weighted by atomic mass is 13.7. The molecule has 9 heavy (non-hydrogen) atoms. The minimum atomic E-state index is 1.04. The quantitative estimate of drug-likeness (QED) is 0.398. The fourth-order valence-electron chi connectivity index (χ4n) is 0.483. The van der Waals surface area contributed by atoms with Crippen molar-refractivity contribution in [2.24, 2.45) is 0 Å². The van der Waals surface area contributed by atoms with Crippen molar-refractivity contribution in [3.05, 3.63) is 36.5 Å². The first-order valence-electron chi connectivity index (χ1n) is 3.30. The fraction of sp³-hybridized carbons (Fsp3) is 0.333. The van der Waals surface area contributed by atoms with E-state index >= 15 is 0 Å². The van der Waals surface area contributed by atoms with E-state index in [1.54, 1.807) is 0 Å². The van der Waals surface area contributed by atoms with Crippen LogP contribution >= 0.6 is 0 Å². The Labute approximate surface area is 57.6 Å². The van der Waals surface area contributed by atoms with E-state index in [9.17, 15) is 0 Å². The summed E-state index contributed by atoms with van der Waals surface area (Å²) in [5, 5.41) is 0. The molecular weight excluding hydrogens is 108 g/mol. The molecule has 0 N–H and O–H groups in total. The smallest absolute Gasteiger partial charge is 0.0166 e. The maximum absolute atomic E-state index is 2.12. The summed E-state index contributed by atoms with van der Waals surface area (Å²) >= 11 is 0. The molecule has 0 aromatic carbocycles. The van der Waals surface area contributed by atoms with E-state index in [0.29, 0.717) is 0 Å². The lowest BCUT2D eigenvalue weighted by atomic mass is 10.3. The highest BCUT2D eigenvalue weighted by Crippen LogP contribution is 1.85. The van der Waals surface area contributed by atoms with Gasteiger partial charge in [0, 0.05) is 0 Å². The monoisotopic (exact) mass is 122 g/mol. The number of allylic oxidation sites excluding steroid dienone is 6. The number of rotatable bonds is 3. The Kier molecular flexibility index (Phi) is 6.59. The van der Waals surface area contributed by atoms with Crippen molar-refractivity contribution >= 4 is 0 Å². The van der Waals surface area contributed by atoms with Crippen LogP contribution in [0.4, 0.5) is 0 Å². The number of hydrogen-bond acceptors (Lipinski definition) is 0. The first-order chi connectivity index (χ1) is 4.41. The Morgan fingerprint density at radius 1 is 0.889 bits per heavy atom. The van der Waals surface area contributed by atoms with Gasteiger partial charge in [0.1, 0.15) is 0 Å². The molecule has 0 radical (unpaired) electrons. The molecule has 0 nitrogen and oxygen atoms in total. The van der Waals surface area contributed by atoms with Crippen LogP contribution in [-0.2, 0) is 0 Å². The van der Waals surface area contributed by atoms with E-state index in [1.807, 2.05) is 26.0 Å². The van der Waals surface area contributed by atoms with Gasteiger partial charge < -0.3 is 0 Å². The Hall–Kier alpha value is -0.780. The molecule has 0 heterocycles. The van der Waals surface area contributed by atoms with E-state index in [1.165, 1.54) is 0 Å². The summed E-state index contributed by atoms with van der Waals surface area (Å²) in [4.78, 5) is 0. The van der Waals surface area contributed by atoms with Crippen molar-refractivity contribution in [1.29, 1.82) is 0 Å². The van der Waals surface area contributed by atoms with Crippen LogP contribution in [0.25, 0.3) is 0 Å². The van der Waals surface area contributed by atoms with Crippen molar-refractivity contribution in [3.8, 4) is 0 Å². The van der Waals surface area contributed by atoms with Gasteiger partial charge in [0.15, 0.2) is 0 Å². The Balaban J connectivity index is 3.25. The molecular formula is C9H14. The molecule has 0 bridgehead atoms. The molecule has 0 amide bonds. The third-order valence-corrected chi connectivity index (χ3v) is 0.948. The molecule has 0 aromatic heterocycles. The largest absolute Gasteiger partial charge is 0.0914 e. The summed E-state index contributed by atoms with van der Waals surface area (Å²) in [5.74, 6) is 0. The van der Waals surface area contributed by atoms with Gasteiger partial charge in [0.25, 0.3) is 0 Å². The molecule has 0 spiro atoms. The molecule has 0 aliphatic heterocycles. The van der Waals surface area contributed by atoms with Crippen LogP contribution in [0.15, 0.2) is 36.5 Å². The Morgan fingerprint density at radius 3 is 2.22 bits per heavy atom. The first-order valence-corrected chi connectivity index (χ1v) is 3.30. The predicted molar refractivity (Wildman–Crippen MR) is 43.4 cm³/mol. The topological polar surface area (TPSA) is 0 Å². The molecule has 0 atom stereocenters. The van der Waals surface area contributed by atoms with Crippen molar-refractivity contribution in [1.82, 2.24) is 0 Å². The van der Waals surface area contributed by atoms with Crippen LogP contribution < -0.4 is 0 Å². The summed E-state index contributed by atoms with van der Waals surface area (Å²) < 4.78 is 0. The van der Waals surface area contributed by atoms with Crippen molar-refractivity contribution in [2.45, 2.75) is 20.3 Å². The van der Waals surface area contributed by atoms with E-state index in [-0.39, 0.29) is 0 Å². The Bertz CT molecular complexity index is 116. The van der Waals surface area contributed by atoms with Crippen LogP contribution in [0.3, 0.4) is 0 Å². The SMILES string of the molecule is C/C=C\C=C/C/C=C\C. The summed E-state index contributed by atoms with van der Waals surface area (Å²) in [7, 11) is 0. The van der Waals surface area contributed by atoms with E-state index in [0.717, 1.165) is 6.42 Å². The van der Waals surface area contributed by atoms with Gasteiger partial charge in [-0.15, -0.1) is 0 Å². The zero-order valence-electron chi connectivity index (χ0n) is 6.17. The van der Waals surface area contributed by atoms with Gasteiger partial charge in [-0.05, 0) is 20.3 Å². The minimum Gasteiger partial charge on any atom is -0.0914 e. The molecule has 0 heteroatoms. The van der Waals surface area contributed by atoms with Gasteiger partial charge in [-0.3, -0.25) is 0 Å². The maximum atomic E-state index is 2.12. The lowest BCUT2D eigenvalue weighted by Crippen LogP contribution is -1.54. The van der Waals surface area contributed by atoms with Gasteiger partial charge >= 0.3 is 0 Å². The van der Waals surface area contributed by atoms with Crippen LogP contribution in [0, 0.1) is 0 Å². The Morgan fingerprint density at radius 2 is 1.67 bits per heavy atom. The van der Waals surface area contributed by atoms with Crippen molar-refractivity contribution < 1.29 is 0 Å². The first kappa shape index (κ1) is 8.22. The summed E-state index contributed by atoms with van der Waals surface area (Å²) in [5.41, 5.74) is 0. The van der Waals surface area contributed by atoms with Crippen molar-refractivity contribution in [3.63, 3.8) is 0 Å². The molecule has 0 rings (SSSR count). The number of hydrogen-bond donors (Lipinski definition) is 0. The second-order valence-electron chi connectivity index (χ2n) is 1.76. The van der Waals surface area contributed by atoms with Crippen LogP contribution in [0.2, 0.25) is 0 Å². The van der Waals surface area contributed by atoms with E-state index in [2.05, 4.69) is 24.3 Å². The van der Waals surface area contributed by atoms with Crippen LogP contribution in [0.1, 0.15) is 20.3 Å². The normalized spacial score (nSPS) is 12.7. The van der Waals surface area contributed by atoms with Crippen LogP contribution in [-0.4, -0.2) is 0 Å². The maximum Gasteiger partial charge on any atom is -0.0166 e. The van der Waals surface area contributed by atoms with Gasteiger partial charge in [-0.1, -0.05) is 36.5 Å². The summed E-state index contributed by atoms with van der Waals surface area (Å²) in [6.45, 7) is 4.05. The predicted octanol–water partition coefficient (Wildman–Crippen LogP) is 3.08. The molecule has 50 valence electrons. The lowest BCUT2D eigenvalue weighted by molar-refractivity contribution is 1.38. The second-order valence-corrected chi connectivity index (χ2v) is 1.76. The minimum absolute atomic E-state index is 1.04. The molecule has 0 fully saturated rings. The fourth-order valence-corrected chi connectivity index (χ4v) is 0.483. The highest BCUT2D eigenvalue weighted by molar-refractivity contribution is 5.03. The molecule has 0 aliphatic rings. The van der Waals surface area contributed by atoms with E-state index in [4.69, 9.17) is 0 Å². The molecule has 0 unspecified atom stereocenters. The zero-order valence-corrected chi connectivity index (χ0v) is 6.17. The van der Waals surface area contributed by atoms with E-state index < -0.39 is 0 Å². The third-order valence-electron chi connectivity index (χ3n) is 0.948. The summed E-state index contributed by atoms with van der Waals surface area (Å²) in [6, 6.07) is 0. The third kappa shape index (κ3) is 7.22. The summed E-state index contributed by atoms with van der Waals surface area (Å²) in [6.07, 6.45) is 13.5. The average molecular weight is 122 g/mol. The molecule has 0 saturated heterocycles. The van der Waals surface area contributed by atoms with Crippen LogP contribution in [0.5, 0.6) is 0 Å². The average Bonchev–Trinajstić information content (AvgIpc) is 1.89. The van der Waals surface area contributed by atoms with Crippen molar-refractivity contribution in [2.75, 3.05) is 0 Å². The van der Waals surface area contributed by atoms with Gasteiger partial charge in [-0.25, -0.2) is 0 Å². The zero-order chi connectivity index (χ0) is 6.95. The van der Waals surface area contributed by atoms with Gasteiger partial charge in [0.2, 0.25) is 0 Å². The molecule has 0 saturated carbocycles. The molecule has 0 aromatic rings. The standard InChI is InChI=1S/C9H14/c1-3-5-7-9-8-6-4-2/h3-7,9H,8H2,1-2H3/b5-3-,6-4-,9-7-. The molecule has 0 aliphatic carbocycles.